The summed E-state index contributed by atoms with van der Waals surface area (Å²) in [5, 5.41) is 18.5. The lowest BCUT2D eigenvalue weighted by atomic mass is 10.1. The molecular weight excluding hydrogens is 252 g/mol. The number of nitrogens with one attached hydrogen (secondary N) is 2. The van der Waals surface area contributed by atoms with Gasteiger partial charge < -0.3 is 5.32 Å². The zero-order chi connectivity index (χ0) is 14.5. The number of hydrogen-bond donors (Lipinski definition) is 2. The molecule has 0 atom stereocenters. The van der Waals surface area contributed by atoms with Gasteiger partial charge in [0.15, 0.2) is 0 Å². The molecule has 102 valence electrons. The van der Waals surface area contributed by atoms with E-state index >= 15 is 0 Å². The first-order valence-corrected chi connectivity index (χ1v) is 6.40. The molecule has 1 aromatic heterocycles. The van der Waals surface area contributed by atoms with E-state index in [1.54, 1.807) is 24.3 Å². The minimum absolute atomic E-state index is 0.0466. The molecule has 0 aliphatic rings. The Kier molecular flexibility index (Phi) is 4.16. The molecule has 1 amide bonds. The number of carbonyl (C=O) groups excluding carboxylic acids is 1. The predicted octanol–water partition coefficient (Wildman–Crippen LogP) is 2.47. The fourth-order valence-electron chi connectivity index (χ4n) is 2.03. The molecule has 0 radical (unpaired) electrons. The largest absolute Gasteiger partial charge is 0.326 e. The van der Waals surface area contributed by atoms with Crippen LogP contribution in [0.5, 0.6) is 0 Å². The Bertz CT molecular complexity index is 630. The van der Waals surface area contributed by atoms with Gasteiger partial charge in [0.2, 0.25) is 5.91 Å². The Morgan fingerprint density at radius 2 is 2.05 bits per heavy atom. The van der Waals surface area contributed by atoms with E-state index in [1.807, 2.05) is 19.9 Å². The first-order valence-electron chi connectivity index (χ1n) is 6.40. The molecule has 2 N–H and O–H groups in total. The summed E-state index contributed by atoms with van der Waals surface area (Å²) in [4.78, 5) is 11.9. The van der Waals surface area contributed by atoms with E-state index in [2.05, 4.69) is 15.5 Å². The minimum atomic E-state index is -0.0466. The summed E-state index contributed by atoms with van der Waals surface area (Å²) in [5.74, 6) is -0.0466. The number of hydrogen-bond acceptors (Lipinski definition) is 3. The third-order valence-corrected chi connectivity index (χ3v) is 3.18. The summed E-state index contributed by atoms with van der Waals surface area (Å²) in [5.41, 5.74) is 4.32. The molecule has 20 heavy (non-hydrogen) atoms. The maximum absolute atomic E-state index is 11.9. The van der Waals surface area contributed by atoms with Crippen molar-refractivity contribution in [3.63, 3.8) is 0 Å². The summed E-state index contributed by atoms with van der Waals surface area (Å²) in [6.45, 7) is 3.88. The smallest absolute Gasteiger partial charge is 0.224 e. The molecule has 1 heterocycles. The van der Waals surface area contributed by atoms with Crippen molar-refractivity contribution >= 4 is 11.6 Å². The summed E-state index contributed by atoms with van der Waals surface area (Å²) >= 11 is 0. The molecule has 2 aromatic rings. The zero-order valence-corrected chi connectivity index (χ0v) is 11.5. The van der Waals surface area contributed by atoms with Gasteiger partial charge in [-0.05, 0) is 50.1 Å². The predicted molar refractivity (Wildman–Crippen MR) is 76.2 cm³/mol. The molecule has 0 aliphatic heterocycles. The zero-order valence-electron chi connectivity index (χ0n) is 11.5. The molecule has 0 saturated carbocycles. The normalized spacial score (nSPS) is 10.1. The number of aromatic amines is 1. The lowest BCUT2D eigenvalue weighted by Crippen LogP contribution is -2.12. The third-order valence-electron chi connectivity index (χ3n) is 3.18. The summed E-state index contributed by atoms with van der Waals surface area (Å²) in [6, 6.07) is 8.86. The molecule has 0 unspecified atom stereocenters. The Labute approximate surface area is 117 Å². The molecule has 0 fully saturated rings. The van der Waals surface area contributed by atoms with Crippen LogP contribution in [0.4, 0.5) is 5.69 Å². The van der Waals surface area contributed by atoms with E-state index in [0.717, 1.165) is 17.0 Å². The van der Waals surface area contributed by atoms with Crippen LogP contribution < -0.4 is 5.32 Å². The van der Waals surface area contributed by atoms with Crippen LogP contribution in [0.1, 0.15) is 28.9 Å². The summed E-state index contributed by atoms with van der Waals surface area (Å²) in [6.07, 6.45) is 1.07. The van der Waals surface area contributed by atoms with Crippen molar-refractivity contribution in [2.24, 2.45) is 0 Å². The van der Waals surface area contributed by atoms with E-state index in [1.165, 1.54) is 0 Å². The van der Waals surface area contributed by atoms with E-state index < -0.39 is 0 Å². The topological polar surface area (TPSA) is 81.6 Å². The maximum Gasteiger partial charge on any atom is 0.224 e. The van der Waals surface area contributed by atoms with Crippen LogP contribution in [0.3, 0.4) is 0 Å². The highest BCUT2D eigenvalue weighted by molar-refractivity contribution is 5.90. The minimum Gasteiger partial charge on any atom is -0.326 e. The van der Waals surface area contributed by atoms with Crippen LogP contribution in [0.25, 0.3) is 0 Å². The molecule has 0 spiro atoms. The van der Waals surface area contributed by atoms with Gasteiger partial charge in [0.25, 0.3) is 0 Å². The maximum atomic E-state index is 11.9. The summed E-state index contributed by atoms with van der Waals surface area (Å²) in [7, 11) is 0. The van der Waals surface area contributed by atoms with Gasteiger partial charge in [-0.2, -0.15) is 10.4 Å². The number of carbonyl (C=O) groups is 1. The molecule has 5 nitrogen and oxygen atoms in total. The highest BCUT2D eigenvalue weighted by Gasteiger charge is 2.09. The molecule has 5 heteroatoms. The van der Waals surface area contributed by atoms with Crippen LogP contribution in [-0.2, 0) is 11.2 Å². The Morgan fingerprint density at radius 3 is 2.60 bits per heavy atom. The SMILES string of the molecule is Cc1n[nH]c(C)c1CCC(=O)Nc1ccc(C#N)cc1. The van der Waals surface area contributed by atoms with E-state index in [-0.39, 0.29) is 5.91 Å². The second-order valence-electron chi connectivity index (χ2n) is 4.65. The van der Waals surface area contributed by atoms with Crippen molar-refractivity contribution in [1.29, 1.82) is 5.26 Å². The van der Waals surface area contributed by atoms with Crippen LogP contribution in [-0.4, -0.2) is 16.1 Å². The van der Waals surface area contributed by atoms with Gasteiger partial charge in [0.1, 0.15) is 0 Å². The average Bonchev–Trinajstić information content (AvgIpc) is 2.77. The second kappa shape index (κ2) is 6.02. The lowest BCUT2D eigenvalue weighted by molar-refractivity contribution is -0.116. The number of nitrogens with zero attached hydrogens (tertiary/aromatic N) is 2. The highest BCUT2D eigenvalue weighted by Crippen LogP contribution is 2.13. The molecule has 1 aromatic carbocycles. The molecular formula is C15H16N4O. The van der Waals surface area contributed by atoms with Gasteiger partial charge in [-0.3, -0.25) is 9.89 Å². The number of aromatic nitrogens is 2. The second-order valence-corrected chi connectivity index (χ2v) is 4.65. The van der Waals surface area contributed by atoms with Crippen molar-refractivity contribution in [2.75, 3.05) is 5.32 Å². The lowest BCUT2D eigenvalue weighted by Gasteiger charge is -2.05. The van der Waals surface area contributed by atoms with Gasteiger partial charge in [0.05, 0.1) is 17.3 Å². The number of nitriles is 1. The van der Waals surface area contributed by atoms with E-state index in [0.29, 0.717) is 24.1 Å². The average molecular weight is 268 g/mol. The summed E-state index contributed by atoms with van der Waals surface area (Å²) < 4.78 is 0. The Hall–Kier alpha value is -2.61. The van der Waals surface area contributed by atoms with Crippen molar-refractivity contribution in [3.8, 4) is 6.07 Å². The number of H-pyrrole nitrogens is 1. The van der Waals surface area contributed by atoms with E-state index in [4.69, 9.17) is 5.26 Å². The van der Waals surface area contributed by atoms with Gasteiger partial charge in [-0.15, -0.1) is 0 Å². The van der Waals surface area contributed by atoms with Crippen LogP contribution in [0.2, 0.25) is 0 Å². The fraction of sp³-hybridized carbons (Fsp3) is 0.267. The standard InChI is InChI=1S/C15H16N4O/c1-10-14(11(2)19-18-10)7-8-15(20)17-13-5-3-12(9-16)4-6-13/h3-6H,7-8H2,1-2H3,(H,17,20)(H,18,19). The van der Waals surface area contributed by atoms with Crippen molar-refractivity contribution in [1.82, 2.24) is 10.2 Å². The van der Waals surface area contributed by atoms with E-state index in [9.17, 15) is 4.79 Å². The van der Waals surface area contributed by atoms with Crippen molar-refractivity contribution < 1.29 is 4.79 Å². The Morgan fingerprint density at radius 1 is 1.35 bits per heavy atom. The van der Waals surface area contributed by atoms with Gasteiger partial charge in [-0.1, -0.05) is 0 Å². The van der Waals surface area contributed by atoms with Gasteiger partial charge in [0, 0.05) is 17.8 Å². The van der Waals surface area contributed by atoms with Crippen molar-refractivity contribution in [3.05, 3.63) is 46.8 Å². The first kappa shape index (κ1) is 13.8. The molecule has 2 rings (SSSR count). The number of rotatable bonds is 4. The first-order chi connectivity index (χ1) is 9.60. The quantitative estimate of drug-likeness (QED) is 0.893. The van der Waals surface area contributed by atoms with Crippen molar-refractivity contribution in [2.45, 2.75) is 26.7 Å². The van der Waals surface area contributed by atoms with Gasteiger partial charge >= 0.3 is 0 Å². The highest BCUT2D eigenvalue weighted by atomic mass is 16.1. The monoisotopic (exact) mass is 268 g/mol. The van der Waals surface area contributed by atoms with Crippen LogP contribution >= 0.6 is 0 Å². The Balaban J connectivity index is 1.91. The number of aryl methyl sites for hydroxylation is 2. The molecule has 0 aliphatic carbocycles. The number of amides is 1. The molecule has 0 bridgehead atoms. The van der Waals surface area contributed by atoms with Crippen LogP contribution in [0, 0.1) is 25.2 Å². The number of benzene rings is 1. The third kappa shape index (κ3) is 3.23. The molecule has 0 saturated heterocycles. The number of anilines is 1. The van der Waals surface area contributed by atoms with Gasteiger partial charge in [-0.25, -0.2) is 0 Å². The fourth-order valence-corrected chi connectivity index (χ4v) is 2.03. The van der Waals surface area contributed by atoms with Crippen LogP contribution in [0.15, 0.2) is 24.3 Å².